The Morgan fingerprint density at radius 2 is 1.95 bits per heavy atom. The lowest BCUT2D eigenvalue weighted by Gasteiger charge is -2.06. The van der Waals surface area contributed by atoms with Crippen LogP contribution in [0.15, 0.2) is 29.4 Å². The zero-order chi connectivity index (χ0) is 14.1. The maximum Gasteiger partial charge on any atom is 0.427 e. The average Bonchev–Trinajstić information content (AvgIpc) is 2.43. The molecule has 0 saturated heterocycles. The van der Waals surface area contributed by atoms with Crippen LogP contribution in [0.5, 0.6) is 5.75 Å². The van der Waals surface area contributed by atoms with Gasteiger partial charge < -0.3 is 9.47 Å². The maximum absolute atomic E-state index is 11.1. The summed E-state index contributed by atoms with van der Waals surface area (Å²) in [5.74, 6) is 0.830. The highest BCUT2D eigenvalue weighted by atomic mass is 16.5. The second-order valence-corrected chi connectivity index (χ2v) is 3.90. The molecule has 0 saturated carbocycles. The van der Waals surface area contributed by atoms with Gasteiger partial charge in [-0.2, -0.15) is 5.10 Å². The number of benzene rings is 1. The Morgan fingerprint density at radius 1 is 1.26 bits per heavy atom. The Kier molecular flexibility index (Phi) is 6.43. The summed E-state index contributed by atoms with van der Waals surface area (Å²) in [5, 5.41) is 3.96. The standard InChI is InChI=1S/C14H20N2O3/c1-4-10-19-13-8-6-12(7-9-13)11(3)15-16-14(17)18-5-2/h6-9H,4-5,10H2,1-3H3,(H,16,17)/b15-11-. The Hall–Kier alpha value is -2.04. The lowest BCUT2D eigenvalue weighted by Crippen LogP contribution is -2.20. The minimum Gasteiger partial charge on any atom is -0.494 e. The van der Waals surface area contributed by atoms with E-state index in [-0.39, 0.29) is 0 Å². The van der Waals surface area contributed by atoms with Crippen LogP contribution < -0.4 is 10.2 Å². The van der Waals surface area contributed by atoms with E-state index in [0.29, 0.717) is 18.9 Å². The fourth-order valence-electron chi connectivity index (χ4n) is 1.37. The largest absolute Gasteiger partial charge is 0.494 e. The molecule has 0 aliphatic rings. The van der Waals surface area contributed by atoms with Crippen LogP contribution in [-0.2, 0) is 4.74 Å². The molecule has 0 atom stereocenters. The number of hydrogen-bond acceptors (Lipinski definition) is 4. The summed E-state index contributed by atoms with van der Waals surface area (Å²) in [6.45, 7) is 6.65. The van der Waals surface area contributed by atoms with Crippen LogP contribution in [-0.4, -0.2) is 25.0 Å². The maximum atomic E-state index is 11.1. The lowest BCUT2D eigenvalue weighted by molar-refractivity contribution is 0.152. The molecule has 0 radical (unpaired) electrons. The quantitative estimate of drug-likeness (QED) is 0.634. The van der Waals surface area contributed by atoms with E-state index in [1.165, 1.54) is 0 Å². The van der Waals surface area contributed by atoms with Crippen LogP contribution >= 0.6 is 0 Å². The van der Waals surface area contributed by atoms with Gasteiger partial charge >= 0.3 is 6.09 Å². The Balaban J connectivity index is 2.59. The van der Waals surface area contributed by atoms with Crippen molar-refractivity contribution < 1.29 is 14.3 Å². The highest BCUT2D eigenvalue weighted by molar-refractivity contribution is 5.99. The smallest absolute Gasteiger partial charge is 0.427 e. The van der Waals surface area contributed by atoms with E-state index in [1.807, 2.05) is 31.2 Å². The minimum atomic E-state index is -0.551. The molecule has 0 aromatic heterocycles. The van der Waals surface area contributed by atoms with E-state index in [1.54, 1.807) is 6.92 Å². The van der Waals surface area contributed by atoms with Gasteiger partial charge in [0.1, 0.15) is 5.75 Å². The molecule has 0 heterocycles. The van der Waals surface area contributed by atoms with Crippen molar-refractivity contribution in [2.24, 2.45) is 5.10 Å². The van der Waals surface area contributed by atoms with Crippen molar-refractivity contribution in [2.45, 2.75) is 27.2 Å². The molecule has 1 rings (SSSR count). The first-order valence-electron chi connectivity index (χ1n) is 6.37. The fourth-order valence-corrected chi connectivity index (χ4v) is 1.37. The molecule has 0 fully saturated rings. The minimum absolute atomic E-state index is 0.323. The zero-order valence-electron chi connectivity index (χ0n) is 11.6. The van der Waals surface area contributed by atoms with Crippen molar-refractivity contribution in [3.63, 3.8) is 0 Å². The first-order valence-corrected chi connectivity index (χ1v) is 6.37. The number of ether oxygens (including phenoxy) is 2. The topological polar surface area (TPSA) is 59.9 Å². The Bertz CT molecular complexity index is 427. The second kappa shape index (κ2) is 8.13. The van der Waals surface area contributed by atoms with Gasteiger partial charge in [0.15, 0.2) is 0 Å². The number of amides is 1. The molecular weight excluding hydrogens is 244 g/mol. The van der Waals surface area contributed by atoms with Gasteiger partial charge in [-0.25, -0.2) is 10.2 Å². The molecule has 1 aromatic carbocycles. The van der Waals surface area contributed by atoms with Crippen LogP contribution in [0.25, 0.3) is 0 Å². The van der Waals surface area contributed by atoms with E-state index < -0.39 is 6.09 Å². The molecule has 0 aliphatic carbocycles. The monoisotopic (exact) mass is 264 g/mol. The zero-order valence-corrected chi connectivity index (χ0v) is 11.6. The summed E-state index contributed by atoms with van der Waals surface area (Å²) >= 11 is 0. The summed E-state index contributed by atoms with van der Waals surface area (Å²) in [4.78, 5) is 11.1. The van der Waals surface area contributed by atoms with Gasteiger partial charge in [-0.15, -0.1) is 0 Å². The van der Waals surface area contributed by atoms with Crippen molar-refractivity contribution in [2.75, 3.05) is 13.2 Å². The first kappa shape index (κ1) is 15.0. The Morgan fingerprint density at radius 3 is 2.53 bits per heavy atom. The molecule has 104 valence electrons. The van der Waals surface area contributed by atoms with Crippen molar-refractivity contribution in [3.05, 3.63) is 29.8 Å². The summed E-state index contributed by atoms with van der Waals surface area (Å²) in [6, 6.07) is 7.57. The van der Waals surface area contributed by atoms with Crippen molar-refractivity contribution >= 4 is 11.8 Å². The average molecular weight is 264 g/mol. The Labute approximate surface area is 113 Å². The summed E-state index contributed by atoms with van der Waals surface area (Å²) in [7, 11) is 0. The van der Waals surface area contributed by atoms with E-state index >= 15 is 0 Å². The van der Waals surface area contributed by atoms with Crippen molar-refractivity contribution in [3.8, 4) is 5.75 Å². The molecule has 5 nitrogen and oxygen atoms in total. The predicted molar refractivity (Wildman–Crippen MR) is 74.6 cm³/mol. The first-order chi connectivity index (χ1) is 9.17. The van der Waals surface area contributed by atoms with E-state index in [4.69, 9.17) is 9.47 Å². The molecule has 1 amide bonds. The van der Waals surface area contributed by atoms with Gasteiger partial charge in [-0.1, -0.05) is 6.92 Å². The summed E-state index contributed by atoms with van der Waals surface area (Å²) < 4.78 is 10.2. The molecule has 5 heteroatoms. The summed E-state index contributed by atoms with van der Waals surface area (Å²) in [5.41, 5.74) is 3.95. The van der Waals surface area contributed by atoms with Crippen molar-refractivity contribution in [1.29, 1.82) is 0 Å². The van der Waals surface area contributed by atoms with Gasteiger partial charge in [0.25, 0.3) is 0 Å². The van der Waals surface area contributed by atoms with E-state index in [2.05, 4.69) is 17.5 Å². The number of hydrazone groups is 1. The van der Waals surface area contributed by atoms with E-state index in [0.717, 1.165) is 17.7 Å². The van der Waals surface area contributed by atoms with Crippen LogP contribution in [0.4, 0.5) is 4.79 Å². The predicted octanol–water partition coefficient (Wildman–Crippen LogP) is 2.95. The van der Waals surface area contributed by atoms with E-state index in [9.17, 15) is 4.79 Å². The number of carbonyl (C=O) groups is 1. The highest BCUT2D eigenvalue weighted by Gasteiger charge is 2.01. The molecule has 19 heavy (non-hydrogen) atoms. The number of nitrogens with one attached hydrogen (secondary N) is 1. The summed E-state index contributed by atoms with van der Waals surface area (Å²) in [6.07, 6.45) is 0.427. The lowest BCUT2D eigenvalue weighted by atomic mass is 10.1. The molecule has 0 aliphatic heterocycles. The fraction of sp³-hybridized carbons (Fsp3) is 0.429. The van der Waals surface area contributed by atoms with Gasteiger partial charge in [-0.3, -0.25) is 0 Å². The number of rotatable bonds is 6. The van der Waals surface area contributed by atoms with Crippen LogP contribution in [0.3, 0.4) is 0 Å². The molecule has 0 bridgehead atoms. The number of carbonyl (C=O) groups excluding carboxylic acids is 1. The molecule has 1 aromatic rings. The third kappa shape index (κ3) is 5.42. The van der Waals surface area contributed by atoms with Gasteiger partial charge in [-0.05, 0) is 50.1 Å². The molecular formula is C14H20N2O3. The normalized spacial score (nSPS) is 11.0. The second-order valence-electron chi connectivity index (χ2n) is 3.90. The number of hydrogen-bond donors (Lipinski definition) is 1. The molecule has 0 spiro atoms. The van der Waals surface area contributed by atoms with Crippen LogP contribution in [0, 0.1) is 0 Å². The third-order valence-corrected chi connectivity index (χ3v) is 2.34. The molecule has 0 unspecified atom stereocenters. The molecule has 1 N–H and O–H groups in total. The van der Waals surface area contributed by atoms with Gasteiger partial charge in [0.05, 0.1) is 18.9 Å². The number of nitrogens with zero attached hydrogens (tertiary/aromatic N) is 1. The van der Waals surface area contributed by atoms with Crippen LogP contribution in [0.1, 0.15) is 32.8 Å². The van der Waals surface area contributed by atoms with Crippen molar-refractivity contribution in [1.82, 2.24) is 5.43 Å². The van der Waals surface area contributed by atoms with Gasteiger partial charge in [0.2, 0.25) is 0 Å². The third-order valence-electron chi connectivity index (χ3n) is 2.34. The van der Waals surface area contributed by atoms with Gasteiger partial charge in [0, 0.05) is 0 Å². The SMILES string of the molecule is CCCOc1ccc(/C(C)=N\NC(=O)OCC)cc1. The van der Waals surface area contributed by atoms with Crippen LogP contribution in [0.2, 0.25) is 0 Å². The highest BCUT2D eigenvalue weighted by Crippen LogP contribution is 2.13.